The smallest absolute Gasteiger partial charge is 0.319 e. The molecule has 0 aromatic heterocycles. The fourth-order valence-corrected chi connectivity index (χ4v) is 1.35. The second-order valence-electron chi connectivity index (χ2n) is 2.38. The second kappa shape index (κ2) is 3.70. The highest BCUT2D eigenvalue weighted by Crippen LogP contribution is 2.29. The van der Waals surface area contributed by atoms with E-state index >= 15 is 0 Å². The monoisotopic (exact) mass is 262 g/mol. The van der Waals surface area contributed by atoms with Crippen molar-refractivity contribution in [3.05, 3.63) is 38.1 Å². The molecule has 5 nitrogen and oxygen atoms in total. The van der Waals surface area contributed by atoms with Gasteiger partial charge in [-0.3, -0.25) is 14.9 Å². The molecule has 1 amide bonds. The average Bonchev–Trinajstić information content (AvgIpc) is 2.02. The van der Waals surface area contributed by atoms with Crippen molar-refractivity contribution < 1.29 is 14.1 Å². The van der Waals surface area contributed by atoms with Gasteiger partial charge in [-0.1, -0.05) is 0 Å². The van der Waals surface area contributed by atoms with E-state index in [2.05, 4.69) is 15.9 Å². The van der Waals surface area contributed by atoms with Gasteiger partial charge in [-0.15, -0.1) is 0 Å². The van der Waals surface area contributed by atoms with E-state index in [1.165, 1.54) is 6.07 Å². The van der Waals surface area contributed by atoms with Gasteiger partial charge in [-0.05, 0) is 28.1 Å². The molecule has 7 heteroatoms. The summed E-state index contributed by atoms with van der Waals surface area (Å²) in [5.74, 6) is -2.27. The number of primary amides is 1. The van der Waals surface area contributed by atoms with Crippen LogP contribution in [0.2, 0.25) is 0 Å². The summed E-state index contributed by atoms with van der Waals surface area (Å²) in [6, 6.07) is 2.27. The molecule has 74 valence electrons. The molecule has 0 saturated heterocycles. The number of hydrogen-bond donors (Lipinski definition) is 1. The van der Waals surface area contributed by atoms with E-state index in [4.69, 9.17) is 5.73 Å². The van der Waals surface area contributed by atoms with Crippen molar-refractivity contribution in [1.29, 1.82) is 0 Å². The van der Waals surface area contributed by atoms with Crippen molar-refractivity contribution >= 4 is 27.5 Å². The number of nitro groups is 1. The van der Waals surface area contributed by atoms with Crippen molar-refractivity contribution in [3.8, 4) is 0 Å². The zero-order valence-electron chi connectivity index (χ0n) is 6.66. The third kappa shape index (κ3) is 1.72. The van der Waals surface area contributed by atoms with E-state index in [-0.39, 0.29) is 4.47 Å². The van der Waals surface area contributed by atoms with Crippen LogP contribution >= 0.6 is 15.9 Å². The Labute approximate surface area is 86.0 Å². The molecule has 0 radical (unpaired) electrons. The van der Waals surface area contributed by atoms with Crippen molar-refractivity contribution in [3.63, 3.8) is 0 Å². The summed E-state index contributed by atoms with van der Waals surface area (Å²) in [7, 11) is 0. The van der Waals surface area contributed by atoms with Gasteiger partial charge in [-0.25, -0.2) is 0 Å². The molecule has 0 saturated carbocycles. The van der Waals surface area contributed by atoms with E-state index in [1.54, 1.807) is 0 Å². The first-order chi connectivity index (χ1) is 6.45. The number of halogens is 2. The fraction of sp³-hybridized carbons (Fsp3) is 0. The Kier molecular flexibility index (Phi) is 2.80. The molecule has 0 atom stereocenters. The van der Waals surface area contributed by atoms with Gasteiger partial charge in [-0.2, -0.15) is 4.39 Å². The highest BCUT2D eigenvalue weighted by Gasteiger charge is 2.24. The zero-order chi connectivity index (χ0) is 10.9. The molecule has 0 spiro atoms. The summed E-state index contributed by atoms with van der Waals surface area (Å²) in [6.07, 6.45) is 0. The number of carbonyl (C=O) groups is 1. The van der Waals surface area contributed by atoms with E-state index in [9.17, 15) is 19.3 Å². The van der Waals surface area contributed by atoms with E-state index in [0.29, 0.717) is 0 Å². The van der Waals surface area contributed by atoms with E-state index < -0.39 is 27.9 Å². The minimum atomic E-state index is -1.23. The normalized spacial score (nSPS) is 9.86. The maximum Gasteiger partial charge on any atom is 0.319 e. The van der Waals surface area contributed by atoms with Gasteiger partial charge in [0.2, 0.25) is 5.82 Å². The Balaban J connectivity index is 3.49. The summed E-state index contributed by atoms with van der Waals surface area (Å²) < 4.78 is 13.2. The standard InChI is InChI=1S/C7H4BrFN2O3/c8-4-2-1-3(7(10)12)5(9)6(4)11(13)14/h1-2H,(H2,10,12). The van der Waals surface area contributed by atoms with Crippen LogP contribution in [-0.2, 0) is 0 Å². The van der Waals surface area contributed by atoms with Crippen LogP contribution in [-0.4, -0.2) is 10.8 Å². The van der Waals surface area contributed by atoms with Gasteiger partial charge in [0, 0.05) is 0 Å². The summed E-state index contributed by atoms with van der Waals surface area (Å²) in [6.45, 7) is 0. The van der Waals surface area contributed by atoms with Gasteiger partial charge in [0.1, 0.15) is 0 Å². The molecular formula is C7H4BrFN2O3. The Morgan fingerprint density at radius 3 is 2.57 bits per heavy atom. The number of nitrogens with zero attached hydrogens (tertiary/aromatic N) is 1. The van der Waals surface area contributed by atoms with Gasteiger partial charge in [0.25, 0.3) is 5.91 Å². The maximum atomic E-state index is 13.3. The number of nitro benzene ring substituents is 1. The van der Waals surface area contributed by atoms with Crippen molar-refractivity contribution in [2.45, 2.75) is 0 Å². The predicted molar refractivity (Wildman–Crippen MR) is 49.3 cm³/mol. The first-order valence-corrected chi connectivity index (χ1v) is 4.16. The van der Waals surface area contributed by atoms with Gasteiger partial charge in [0.15, 0.2) is 0 Å². The molecule has 14 heavy (non-hydrogen) atoms. The Hall–Kier alpha value is -1.50. The molecule has 0 fully saturated rings. The quantitative estimate of drug-likeness (QED) is 0.649. The summed E-state index contributed by atoms with van der Waals surface area (Å²) in [5.41, 5.74) is 3.53. The maximum absolute atomic E-state index is 13.3. The molecule has 1 aromatic carbocycles. The minimum Gasteiger partial charge on any atom is -0.366 e. The number of carbonyl (C=O) groups excluding carboxylic acids is 1. The van der Waals surface area contributed by atoms with Crippen LogP contribution in [0.4, 0.5) is 10.1 Å². The van der Waals surface area contributed by atoms with Crippen LogP contribution in [0.15, 0.2) is 16.6 Å². The molecule has 0 heterocycles. The zero-order valence-corrected chi connectivity index (χ0v) is 8.25. The molecule has 0 aliphatic heterocycles. The van der Waals surface area contributed by atoms with Crippen LogP contribution in [0.25, 0.3) is 0 Å². The summed E-state index contributed by atoms with van der Waals surface area (Å²) in [4.78, 5) is 20.1. The molecule has 0 bridgehead atoms. The predicted octanol–water partition coefficient (Wildman–Crippen LogP) is 1.60. The Bertz CT molecular complexity index is 422. The van der Waals surface area contributed by atoms with Crippen LogP contribution in [0.5, 0.6) is 0 Å². The number of amides is 1. The van der Waals surface area contributed by atoms with Crippen molar-refractivity contribution in [2.24, 2.45) is 5.73 Å². The highest BCUT2D eigenvalue weighted by atomic mass is 79.9. The molecule has 1 aromatic rings. The molecular weight excluding hydrogens is 259 g/mol. The van der Waals surface area contributed by atoms with Gasteiger partial charge in [0.05, 0.1) is 15.0 Å². The molecule has 2 N–H and O–H groups in total. The SMILES string of the molecule is NC(=O)c1ccc(Br)c([N+](=O)[O-])c1F. The van der Waals surface area contributed by atoms with Crippen LogP contribution in [0, 0.1) is 15.9 Å². The number of nitrogens with two attached hydrogens (primary N) is 1. The number of rotatable bonds is 2. The first kappa shape index (κ1) is 10.6. The largest absolute Gasteiger partial charge is 0.366 e. The molecule has 0 unspecified atom stereocenters. The summed E-state index contributed by atoms with van der Waals surface area (Å²) in [5, 5.41) is 10.4. The number of hydrogen-bond acceptors (Lipinski definition) is 3. The van der Waals surface area contributed by atoms with Crippen molar-refractivity contribution in [2.75, 3.05) is 0 Å². The Morgan fingerprint density at radius 2 is 2.14 bits per heavy atom. The van der Waals surface area contributed by atoms with E-state index in [0.717, 1.165) is 6.07 Å². The molecule has 1 rings (SSSR count). The lowest BCUT2D eigenvalue weighted by Gasteiger charge is -2.00. The van der Waals surface area contributed by atoms with Gasteiger partial charge < -0.3 is 5.73 Å². The van der Waals surface area contributed by atoms with Crippen LogP contribution < -0.4 is 5.73 Å². The average molecular weight is 263 g/mol. The Morgan fingerprint density at radius 1 is 1.57 bits per heavy atom. The lowest BCUT2D eigenvalue weighted by atomic mass is 10.2. The molecule has 0 aliphatic rings. The first-order valence-electron chi connectivity index (χ1n) is 3.37. The topological polar surface area (TPSA) is 86.2 Å². The highest BCUT2D eigenvalue weighted by molar-refractivity contribution is 9.10. The van der Waals surface area contributed by atoms with Gasteiger partial charge >= 0.3 is 5.69 Å². The third-order valence-corrected chi connectivity index (χ3v) is 2.15. The van der Waals surface area contributed by atoms with E-state index in [1.807, 2.05) is 0 Å². The lowest BCUT2D eigenvalue weighted by molar-refractivity contribution is -0.388. The lowest BCUT2D eigenvalue weighted by Crippen LogP contribution is -2.14. The molecule has 0 aliphatic carbocycles. The van der Waals surface area contributed by atoms with Crippen LogP contribution in [0.3, 0.4) is 0 Å². The second-order valence-corrected chi connectivity index (χ2v) is 3.23. The van der Waals surface area contributed by atoms with Crippen LogP contribution in [0.1, 0.15) is 10.4 Å². The fourth-order valence-electron chi connectivity index (χ4n) is 0.899. The third-order valence-electron chi connectivity index (χ3n) is 1.51. The summed E-state index contributed by atoms with van der Waals surface area (Å²) >= 11 is 2.80. The van der Waals surface area contributed by atoms with Crippen molar-refractivity contribution in [1.82, 2.24) is 0 Å². The minimum absolute atomic E-state index is 0.0370. The number of benzene rings is 1.